The van der Waals surface area contributed by atoms with Gasteiger partial charge in [-0.3, -0.25) is 0 Å². The molecule has 0 bridgehead atoms. The third-order valence-electron chi connectivity index (χ3n) is 5.80. The fourth-order valence-electron chi connectivity index (χ4n) is 4.44. The molecule has 1 heterocycles. The highest BCUT2D eigenvalue weighted by molar-refractivity contribution is 5.34. The minimum Gasteiger partial charge on any atom is -0.406 e. The van der Waals surface area contributed by atoms with E-state index in [1.54, 1.807) is 12.1 Å². The number of nitrogens with one attached hydrogen (secondary N) is 1. The number of piperidine rings is 1. The van der Waals surface area contributed by atoms with Gasteiger partial charge in [-0.15, -0.1) is 13.2 Å². The van der Waals surface area contributed by atoms with Gasteiger partial charge >= 0.3 is 6.36 Å². The lowest BCUT2D eigenvalue weighted by Gasteiger charge is -2.38. The minimum atomic E-state index is -4.71. The van der Waals surface area contributed by atoms with Crippen molar-refractivity contribution in [2.75, 3.05) is 13.1 Å². The predicted octanol–water partition coefficient (Wildman–Crippen LogP) is 5.91. The van der Waals surface area contributed by atoms with Crippen molar-refractivity contribution in [1.82, 2.24) is 5.32 Å². The summed E-state index contributed by atoms with van der Waals surface area (Å²) in [5.74, 6) is 0.102. The highest BCUT2D eigenvalue weighted by atomic mass is 19.4. The molecule has 1 fully saturated rings. The lowest BCUT2D eigenvalue weighted by molar-refractivity contribution is -0.274. The molecule has 0 unspecified atom stereocenters. The summed E-state index contributed by atoms with van der Waals surface area (Å²) in [4.78, 5) is 0. The van der Waals surface area contributed by atoms with Crippen LogP contribution in [0.3, 0.4) is 0 Å². The van der Waals surface area contributed by atoms with E-state index in [-0.39, 0.29) is 30.3 Å². The number of halogens is 3. The maximum atomic E-state index is 12.6. The third kappa shape index (κ3) is 5.90. The molecule has 0 aliphatic carbocycles. The second-order valence-electron chi connectivity index (χ2n) is 8.00. The predicted molar refractivity (Wildman–Crippen MR) is 117 cm³/mol. The van der Waals surface area contributed by atoms with Gasteiger partial charge in [0.1, 0.15) is 5.75 Å². The topological polar surface area (TPSA) is 30.5 Å². The Morgan fingerprint density at radius 1 is 0.875 bits per heavy atom. The van der Waals surface area contributed by atoms with Crippen molar-refractivity contribution in [2.24, 2.45) is 5.92 Å². The first kappa shape index (κ1) is 22.4. The molecule has 2 atom stereocenters. The van der Waals surface area contributed by atoms with Gasteiger partial charge in [-0.1, -0.05) is 72.8 Å². The molecular weight excluding hydrogens is 415 g/mol. The van der Waals surface area contributed by atoms with Crippen molar-refractivity contribution in [2.45, 2.75) is 31.4 Å². The van der Waals surface area contributed by atoms with E-state index in [2.05, 4.69) is 34.3 Å². The van der Waals surface area contributed by atoms with Gasteiger partial charge < -0.3 is 14.8 Å². The van der Waals surface area contributed by atoms with Crippen LogP contribution in [0.15, 0.2) is 84.9 Å². The molecule has 4 rings (SSSR count). The normalized spacial score (nSPS) is 19.1. The lowest BCUT2D eigenvalue weighted by atomic mass is 9.76. The molecule has 3 aromatic carbocycles. The van der Waals surface area contributed by atoms with E-state index < -0.39 is 6.36 Å². The van der Waals surface area contributed by atoms with Crippen LogP contribution in [-0.2, 0) is 11.3 Å². The summed E-state index contributed by atoms with van der Waals surface area (Å²) in [6, 6.07) is 26.7. The van der Waals surface area contributed by atoms with Crippen LogP contribution < -0.4 is 10.1 Å². The number of ether oxygens (including phenoxy) is 2. The number of rotatable bonds is 7. The van der Waals surface area contributed by atoms with Crippen LogP contribution in [0.4, 0.5) is 13.2 Å². The largest absolute Gasteiger partial charge is 0.573 e. The summed E-state index contributed by atoms with van der Waals surface area (Å²) in [6.45, 7) is 1.87. The molecule has 0 aromatic heterocycles. The highest BCUT2D eigenvalue weighted by Crippen LogP contribution is 2.37. The minimum absolute atomic E-state index is 0.0335. The molecule has 0 saturated carbocycles. The van der Waals surface area contributed by atoms with Gasteiger partial charge in [0, 0.05) is 18.4 Å². The molecule has 1 N–H and O–H groups in total. The lowest BCUT2D eigenvalue weighted by Crippen LogP contribution is -2.44. The number of hydrogen-bond acceptors (Lipinski definition) is 3. The molecular formula is C26H26F3NO2. The van der Waals surface area contributed by atoms with Gasteiger partial charge in [-0.25, -0.2) is 0 Å². The van der Waals surface area contributed by atoms with E-state index >= 15 is 0 Å². The molecule has 3 nitrogen and oxygen atoms in total. The number of alkyl halides is 3. The molecule has 1 aliphatic heterocycles. The summed E-state index contributed by atoms with van der Waals surface area (Å²) >= 11 is 0. The van der Waals surface area contributed by atoms with Crippen LogP contribution in [0.1, 0.15) is 29.0 Å². The van der Waals surface area contributed by atoms with Crippen molar-refractivity contribution in [3.05, 3.63) is 102 Å². The second kappa shape index (κ2) is 10.2. The fraction of sp³-hybridized carbons (Fsp3) is 0.308. The zero-order chi connectivity index (χ0) is 22.4. The van der Waals surface area contributed by atoms with Crippen molar-refractivity contribution in [1.29, 1.82) is 0 Å². The van der Waals surface area contributed by atoms with Gasteiger partial charge in [0.05, 0.1) is 12.7 Å². The van der Waals surface area contributed by atoms with Crippen LogP contribution in [-0.4, -0.2) is 25.6 Å². The maximum Gasteiger partial charge on any atom is 0.573 e. The Morgan fingerprint density at radius 3 is 2.16 bits per heavy atom. The average Bonchev–Trinajstić information content (AvgIpc) is 2.79. The van der Waals surface area contributed by atoms with Gasteiger partial charge in [0.2, 0.25) is 0 Å². The first-order valence-electron chi connectivity index (χ1n) is 10.8. The first-order valence-corrected chi connectivity index (χ1v) is 10.8. The third-order valence-corrected chi connectivity index (χ3v) is 5.80. The van der Waals surface area contributed by atoms with E-state index in [1.165, 1.54) is 23.3 Å². The van der Waals surface area contributed by atoms with E-state index in [0.29, 0.717) is 5.56 Å². The van der Waals surface area contributed by atoms with Crippen molar-refractivity contribution >= 4 is 0 Å². The molecule has 168 valence electrons. The first-order chi connectivity index (χ1) is 15.5. The maximum absolute atomic E-state index is 12.6. The van der Waals surface area contributed by atoms with E-state index in [9.17, 15) is 13.2 Å². The molecule has 3 aromatic rings. The Morgan fingerprint density at radius 2 is 1.53 bits per heavy atom. The standard InChI is InChI=1S/C26H26F3NO2/c27-26(28,29)32-22-13-7-8-19(16-22)18-31-24-14-15-30-17-23(24)25(20-9-3-1-4-10-20)21-11-5-2-6-12-21/h1-13,16,23-25,30H,14-15,17-18H2/t23-,24+/m1/s1. The van der Waals surface area contributed by atoms with E-state index in [4.69, 9.17) is 4.74 Å². The Balaban J connectivity index is 1.54. The summed E-state index contributed by atoms with van der Waals surface area (Å²) in [7, 11) is 0. The summed E-state index contributed by atoms with van der Waals surface area (Å²) in [5.41, 5.74) is 3.10. The van der Waals surface area contributed by atoms with Crippen molar-refractivity contribution < 1.29 is 22.6 Å². The molecule has 1 saturated heterocycles. The Bertz CT molecular complexity index is 940. The SMILES string of the molecule is FC(F)(F)Oc1cccc(CO[C@H]2CCNC[C@H]2C(c2ccccc2)c2ccccc2)c1. The zero-order valence-electron chi connectivity index (χ0n) is 17.6. The zero-order valence-corrected chi connectivity index (χ0v) is 17.6. The van der Waals surface area contributed by atoms with Gasteiger partial charge in [0.15, 0.2) is 0 Å². The molecule has 0 spiro atoms. The van der Waals surface area contributed by atoms with Gasteiger partial charge in [-0.2, -0.15) is 0 Å². The Hall–Kier alpha value is -2.83. The summed E-state index contributed by atoms with van der Waals surface area (Å²) < 4.78 is 48.0. The Kier molecular flexibility index (Phi) is 7.12. The smallest absolute Gasteiger partial charge is 0.406 e. The second-order valence-corrected chi connectivity index (χ2v) is 8.00. The van der Waals surface area contributed by atoms with Crippen LogP contribution in [0.5, 0.6) is 5.75 Å². The van der Waals surface area contributed by atoms with Crippen LogP contribution in [0.25, 0.3) is 0 Å². The van der Waals surface area contributed by atoms with Crippen LogP contribution >= 0.6 is 0 Å². The number of hydrogen-bond donors (Lipinski definition) is 1. The van der Waals surface area contributed by atoms with Gasteiger partial charge in [-0.05, 0) is 41.8 Å². The van der Waals surface area contributed by atoms with E-state index in [0.717, 1.165) is 19.5 Å². The molecule has 0 radical (unpaired) electrons. The van der Waals surface area contributed by atoms with E-state index in [1.807, 2.05) is 36.4 Å². The molecule has 1 aliphatic rings. The molecule has 6 heteroatoms. The van der Waals surface area contributed by atoms with Crippen LogP contribution in [0.2, 0.25) is 0 Å². The summed E-state index contributed by atoms with van der Waals surface area (Å²) in [6.07, 6.45) is -3.91. The van der Waals surface area contributed by atoms with Crippen LogP contribution in [0, 0.1) is 5.92 Å². The summed E-state index contributed by atoms with van der Waals surface area (Å²) in [5, 5.41) is 3.49. The van der Waals surface area contributed by atoms with Crippen molar-refractivity contribution in [3.63, 3.8) is 0 Å². The monoisotopic (exact) mass is 441 g/mol. The fourth-order valence-corrected chi connectivity index (χ4v) is 4.44. The molecule has 32 heavy (non-hydrogen) atoms. The highest BCUT2D eigenvalue weighted by Gasteiger charge is 2.34. The average molecular weight is 441 g/mol. The number of benzene rings is 3. The van der Waals surface area contributed by atoms with Crippen molar-refractivity contribution in [3.8, 4) is 5.75 Å². The van der Waals surface area contributed by atoms with Gasteiger partial charge in [0.25, 0.3) is 0 Å². The Labute approximate surface area is 186 Å². The molecule has 0 amide bonds. The quantitative estimate of drug-likeness (QED) is 0.494.